The number of nitrogens with zero attached hydrogens (tertiary/aromatic N) is 2. The summed E-state index contributed by atoms with van der Waals surface area (Å²) in [5.41, 5.74) is 2.56. The van der Waals surface area contributed by atoms with Gasteiger partial charge in [-0.15, -0.1) is 0 Å². The van der Waals surface area contributed by atoms with Gasteiger partial charge in [0.15, 0.2) is 0 Å². The predicted molar refractivity (Wildman–Crippen MR) is 50.5 cm³/mol. The zero-order chi connectivity index (χ0) is 9.42. The molecule has 1 radical (unpaired) electrons. The Labute approximate surface area is 96.4 Å². The summed E-state index contributed by atoms with van der Waals surface area (Å²) in [4.78, 5) is 4.50. The van der Waals surface area contributed by atoms with Crippen molar-refractivity contribution in [2.75, 3.05) is 6.61 Å². The second-order valence-corrected chi connectivity index (χ2v) is 3.90. The number of rotatable bonds is 1. The fraction of sp³-hybridized carbons (Fsp3) is 0.700. The van der Waals surface area contributed by atoms with Crippen molar-refractivity contribution in [1.82, 2.24) is 9.55 Å². The summed E-state index contributed by atoms with van der Waals surface area (Å²) in [5, 5.41) is 9.06. The number of hydrogen-bond acceptors (Lipinski definition) is 2. The maximum Gasteiger partial charge on any atom is 0.105 e. The molecule has 0 saturated carbocycles. The van der Waals surface area contributed by atoms with Gasteiger partial charge < -0.3 is 9.67 Å². The van der Waals surface area contributed by atoms with E-state index in [1.54, 1.807) is 0 Å². The minimum atomic E-state index is 0. The molecule has 1 atom stereocenters. The van der Waals surface area contributed by atoms with Crippen molar-refractivity contribution in [1.29, 1.82) is 0 Å². The number of imidazole rings is 1. The van der Waals surface area contributed by atoms with Gasteiger partial charge in [-0.2, -0.15) is 0 Å². The van der Waals surface area contributed by atoms with Crippen LogP contribution in [0.2, 0.25) is 0 Å². The summed E-state index contributed by atoms with van der Waals surface area (Å²) in [6.45, 7) is 2.33. The Kier molecular flexibility index (Phi) is 3.81. The van der Waals surface area contributed by atoms with E-state index in [0.29, 0.717) is 12.5 Å². The number of aryl methyl sites for hydroxylation is 1. The van der Waals surface area contributed by atoms with E-state index in [9.17, 15) is 0 Å². The van der Waals surface area contributed by atoms with Crippen LogP contribution < -0.4 is 0 Å². The fourth-order valence-electron chi connectivity index (χ4n) is 2.07. The van der Waals surface area contributed by atoms with Crippen molar-refractivity contribution < 1.29 is 23.7 Å². The molecule has 0 fully saturated rings. The van der Waals surface area contributed by atoms with Gasteiger partial charge in [-0.05, 0) is 32.1 Å². The molecule has 14 heavy (non-hydrogen) atoms. The first-order valence-corrected chi connectivity index (χ1v) is 4.84. The molecular weight excluding hydrogens is 215 g/mol. The molecule has 0 saturated heterocycles. The molecule has 0 aromatic carbocycles. The standard InChI is InChI=1S/C10H16N2O.V/c1-7-11-9-5-8(6-13)3-4-10(9)12(7)2;/h8,13H,3-6H2,1-2H3;. The Morgan fingerprint density at radius 1 is 1.57 bits per heavy atom. The van der Waals surface area contributed by atoms with Crippen molar-refractivity contribution >= 4 is 0 Å². The number of aliphatic hydroxyl groups excluding tert-OH is 1. The molecule has 0 aliphatic heterocycles. The SMILES string of the molecule is Cc1nc2c(n1C)CCC(CO)C2.[V]. The molecule has 3 nitrogen and oxygen atoms in total. The summed E-state index contributed by atoms with van der Waals surface area (Å²) in [7, 11) is 2.07. The van der Waals surface area contributed by atoms with Crippen molar-refractivity contribution in [3.05, 3.63) is 17.2 Å². The molecule has 1 aliphatic rings. The van der Waals surface area contributed by atoms with Crippen LogP contribution in [0.3, 0.4) is 0 Å². The minimum absolute atomic E-state index is 0. The van der Waals surface area contributed by atoms with Crippen LogP contribution in [-0.4, -0.2) is 21.3 Å². The Morgan fingerprint density at radius 2 is 2.29 bits per heavy atom. The van der Waals surface area contributed by atoms with Gasteiger partial charge in [0.2, 0.25) is 0 Å². The van der Waals surface area contributed by atoms with Crippen molar-refractivity contribution in [3.8, 4) is 0 Å². The molecule has 1 aliphatic carbocycles. The third-order valence-corrected chi connectivity index (χ3v) is 3.05. The molecule has 1 aromatic rings. The smallest absolute Gasteiger partial charge is 0.105 e. The van der Waals surface area contributed by atoms with Gasteiger partial charge in [-0.3, -0.25) is 0 Å². The average molecular weight is 231 g/mol. The maximum atomic E-state index is 9.06. The van der Waals surface area contributed by atoms with Crippen LogP contribution in [0.25, 0.3) is 0 Å². The van der Waals surface area contributed by atoms with E-state index in [4.69, 9.17) is 5.11 Å². The Hall–Kier alpha value is -0.246. The number of aromatic nitrogens is 2. The van der Waals surface area contributed by atoms with Crippen molar-refractivity contribution in [2.24, 2.45) is 13.0 Å². The third kappa shape index (κ3) is 1.90. The first-order valence-electron chi connectivity index (χ1n) is 4.84. The van der Waals surface area contributed by atoms with Crippen LogP contribution in [0.4, 0.5) is 0 Å². The summed E-state index contributed by atoms with van der Waals surface area (Å²) < 4.78 is 2.17. The first kappa shape index (κ1) is 11.8. The predicted octanol–water partition coefficient (Wildman–Crippen LogP) is 0.823. The third-order valence-electron chi connectivity index (χ3n) is 3.05. The molecular formula is C10H16N2OV. The molecule has 1 heterocycles. The topological polar surface area (TPSA) is 38.0 Å². The second-order valence-electron chi connectivity index (χ2n) is 3.90. The van der Waals surface area contributed by atoms with Crippen LogP contribution in [-0.2, 0) is 38.4 Å². The summed E-state index contributed by atoms with van der Waals surface area (Å²) in [6, 6.07) is 0. The largest absolute Gasteiger partial charge is 0.396 e. The number of fused-ring (bicyclic) bond motifs is 1. The van der Waals surface area contributed by atoms with Gasteiger partial charge in [-0.1, -0.05) is 0 Å². The minimum Gasteiger partial charge on any atom is -0.396 e. The van der Waals surface area contributed by atoms with E-state index >= 15 is 0 Å². The molecule has 1 N–H and O–H groups in total. The van der Waals surface area contributed by atoms with E-state index in [2.05, 4.69) is 16.6 Å². The first-order chi connectivity index (χ1) is 6.22. The zero-order valence-corrected chi connectivity index (χ0v) is 10.1. The fourth-order valence-corrected chi connectivity index (χ4v) is 2.07. The van der Waals surface area contributed by atoms with Gasteiger partial charge in [0.1, 0.15) is 5.82 Å². The van der Waals surface area contributed by atoms with Crippen molar-refractivity contribution in [3.63, 3.8) is 0 Å². The average Bonchev–Trinajstić information content (AvgIpc) is 2.42. The van der Waals surface area contributed by atoms with Gasteiger partial charge in [-0.25, -0.2) is 4.98 Å². The Morgan fingerprint density at radius 3 is 2.93 bits per heavy atom. The van der Waals surface area contributed by atoms with Gasteiger partial charge in [0, 0.05) is 37.9 Å². The summed E-state index contributed by atoms with van der Waals surface area (Å²) in [6.07, 6.45) is 3.12. The maximum absolute atomic E-state index is 9.06. The molecule has 2 rings (SSSR count). The van der Waals surface area contributed by atoms with Gasteiger partial charge >= 0.3 is 0 Å². The van der Waals surface area contributed by atoms with E-state index in [1.807, 2.05) is 6.92 Å². The van der Waals surface area contributed by atoms with Gasteiger partial charge in [0.05, 0.1) is 5.69 Å². The van der Waals surface area contributed by atoms with Crippen LogP contribution >= 0.6 is 0 Å². The quantitative estimate of drug-likeness (QED) is 0.777. The molecule has 1 unspecified atom stereocenters. The molecule has 0 bridgehead atoms. The van der Waals surface area contributed by atoms with Crippen molar-refractivity contribution in [2.45, 2.75) is 26.2 Å². The van der Waals surface area contributed by atoms with E-state index in [1.165, 1.54) is 11.4 Å². The van der Waals surface area contributed by atoms with Crippen LogP contribution in [0.15, 0.2) is 0 Å². The van der Waals surface area contributed by atoms with Crippen LogP contribution in [0.5, 0.6) is 0 Å². The van der Waals surface area contributed by atoms with Gasteiger partial charge in [0.25, 0.3) is 0 Å². The molecule has 4 heteroatoms. The molecule has 77 valence electrons. The van der Waals surface area contributed by atoms with E-state index < -0.39 is 0 Å². The molecule has 0 amide bonds. The van der Waals surface area contributed by atoms with Crippen LogP contribution in [0, 0.1) is 12.8 Å². The number of aliphatic hydroxyl groups is 1. The second kappa shape index (κ2) is 4.52. The monoisotopic (exact) mass is 231 g/mol. The van der Waals surface area contributed by atoms with E-state index in [0.717, 1.165) is 25.1 Å². The normalized spacial score (nSPS) is 20.1. The number of hydrogen-bond donors (Lipinski definition) is 1. The van der Waals surface area contributed by atoms with Crippen LogP contribution in [0.1, 0.15) is 23.6 Å². The Bertz CT molecular complexity index is 322. The Balaban J connectivity index is 0.000000980. The van der Waals surface area contributed by atoms with E-state index in [-0.39, 0.29) is 18.6 Å². The summed E-state index contributed by atoms with van der Waals surface area (Å²) in [5.74, 6) is 1.52. The summed E-state index contributed by atoms with van der Waals surface area (Å²) >= 11 is 0. The molecule has 0 spiro atoms. The zero-order valence-electron chi connectivity index (χ0n) is 8.69. The molecule has 1 aromatic heterocycles.